The maximum absolute atomic E-state index is 12.9. The largest absolute Gasteiger partial charge is 0.462 e. The lowest BCUT2D eigenvalue weighted by molar-refractivity contribution is -0.917. The van der Waals surface area contributed by atoms with Crippen molar-refractivity contribution < 1.29 is 22.8 Å². The van der Waals surface area contributed by atoms with Crippen LogP contribution in [-0.2, 0) is 21.3 Å². The molecule has 1 N–H and O–H groups in total. The van der Waals surface area contributed by atoms with Crippen LogP contribution in [0.2, 0.25) is 0 Å². The van der Waals surface area contributed by atoms with Gasteiger partial charge in [-0.1, -0.05) is 30.3 Å². The maximum Gasteiger partial charge on any atom is 0.338 e. The number of sulfonamides is 1. The molecule has 0 amide bonds. The highest BCUT2D eigenvalue weighted by molar-refractivity contribution is 7.89. The topological polar surface area (TPSA) is 68.1 Å². The van der Waals surface area contributed by atoms with E-state index in [9.17, 15) is 13.2 Å². The Morgan fingerprint density at radius 3 is 2.26 bits per heavy atom. The molecule has 0 bridgehead atoms. The van der Waals surface area contributed by atoms with Gasteiger partial charge in [-0.3, -0.25) is 0 Å². The number of rotatable bonds is 6. The lowest BCUT2D eigenvalue weighted by atomic mass is 10.2. The van der Waals surface area contributed by atoms with Crippen molar-refractivity contribution in [3.8, 4) is 0 Å². The van der Waals surface area contributed by atoms with Gasteiger partial charge in [-0.2, -0.15) is 4.31 Å². The Kier molecular flexibility index (Phi) is 6.26. The second-order valence-corrected chi connectivity index (χ2v) is 8.50. The quantitative estimate of drug-likeness (QED) is 0.747. The minimum Gasteiger partial charge on any atom is -0.462 e. The molecule has 0 aliphatic carbocycles. The predicted molar refractivity (Wildman–Crippen MR) is 102 cm³/mol. The van der Waals surface area contributed by atoms with Crippen LogP contribution in [0.4, 0.5) is 0 Å². The molecule has 0 saturated carbocycles. The van der Waals surface area contributed by atoms with Crippen molar-refractivity contribution in [1.29, 1.82) is 0 Å². The van der Waals surface area contributed by atoms with Gasteiger partial charge < -0.3 is 9.64 Å². The van der Waals surface area contributed by atoms with Crippen molar-refractivity contribution in [2.45, 2.75) is 18.4 Å². The van der Waals surface area contributed by atoms with E-state index in [0.717, 1.165) is 19.6 Å². The highest BCUT2D eigenvalue weighted by atomic mass is 32.2. The molecule has 7 heteroatoms. The summed E-state index contributed by atoms with van der Waals surface area (Å²) in [5.74, 6) is -0.445. The first-order valence-corrected chi connectivity index (χ1v) is 10.6. The van der Waals surface area contributed by atoms with Gasteiger partial charge in [-0.15, -0.1) is 0 Å². The third kappa shape index (κ3) is 4.74. The van der Waals surface area contributed by atoms with Crippen LogP contribution in [-0.4, -0.2) is 51.5 Å². The number of piperazine rings is 1. The van der Waals surface area contributed by atoms with E-state index in [1.54, 1.807) is 6.92 Å². The van der Waals surface area contributed by atoms with Crippen molar-refractivity contribution in [3.63, 3.8) is 0 Å². The molecule has 1 heterocycles. The zero-order chi connectivity index (χ0) is 19.3. The summed E-state index contributed by atoms with van der Waals surface area (Å²) in [6.07, 6.45) is 0. The van der Waals surface area contributed by atoms with Crippen LogP contribution in [0, 0.1) is 0 Å². The van der Waals surface area contributed by atoms with Gasteiger partial charge >= 0.3 is 5.97 Å². The van der Waals surface area contributed by atoms with Gasteiger partial charge in [0.25, 0.3) is 0 Å². The molecule has 0 atom stereocenters. The first-order valence-electron chi connectivity index (χ1n) is 9.15. The van der Waals surface area contributed by atoms with Gasteiger partial charge in [0.15, 0.2) is 0 Å². The fourth-order valence-electron chi connectivity index (χ4n) is 3.23. The van der Waals surface area contributed by atoms with Gasteiger partial charge in [0.1, 0.15) is 6.54 Å². The third-order valence-corrected chi connectivity index (χ3v) is 6.64. The summed E-state index contributed by atoms with van der Waals surface area (Å²) in [7, 11) is -3.55. The van der Waals surface area contributed by atoms with Crippen LogP contribution in [0.1, 0.15) is 22.8 Å². The van der Waals surface area contributed by atoms with Gasteiger partial charge in [-0.05, 0) is 31.2 Å². The molecule has 27 heavy (non-hydrogen) atoms. The van der Waals surface area contributed by atoms with Crippen LogP contribution >= 0.6 is 0 Å². The van der Waals surface area contributed by atoms with Crippen LogP contribution in [0.25, 0.3) is 0 Å². The maximum atomic E-state index is 12.9. The van der Waals surface area contributed by atoms with E-state index in [4.69, 9.17) is 4.74 Å². The Bertz CT molecular complexity index is 859. The molecule has 1 saturated heterocycles. The lowest BCUT2D eigenvalue weighted by Crippen LogP contribution is -3.13. The standard InChI is InChI=1S/C20H24N2O4S/c1-2-26-20(23)18-8-10-19(11-9-18)27(24,25)22-14-12-21(13-15-22)16-17-6-4-3-5-7-17/h3-11H,2,12-16H2,1H3/p+1. The Labute approximate surface area is 160 Å². The van der Waals surface area contributed by atoms with Gasteiger partial charge in [-0.25, -0.2) is 13.2 Å². The predicted octanol–water partition coefficient (Wildman–Crippen LogP) is 0.953. The Morgan fingerprint density at radius 1 is 1.04 bits per heavy atom. The van der Waals surface area contributed by atoms with Gasteiger partial charge in [0, 0.05) is 5.56 Å². The first kappa shape index (κ1) is 19.5. The zero-order valence-electron chi connectivity index (χ0n) is 15.4. The molecule has 2 aromatic rings. The Hall–Kier alpha value is -2.22. The Morgan fingerprint density at radius 2 is 1.67 bits per heavy atom. The van der Waals surface area contributed by atoms with Crippen molar-refractivity contribution in [1.82, 2.24) is 4.31 Å². The molecule has 1 aliphatic rings. The molecule has 144 valence electrons. The highest BCUT2D eigenvalue weighted by Gasteiger charge is 2.30. The van der Waals surface area contributed by atoms with E-state index in [0.29, 0.717) is 18.7 Å². The minimum atomic E-state index is -3.55. The summed E-state index contributed by atoms with van der Waals surface area (Å²) in [6, 6.07) is 16.2. The molecule has 2 aromatic carbocycles. The molecule has 0 spiro atoms. The molecular formula is C20H25N2O4S+. The average Bonchev–Trinajstić information content (AvgIpc) is 2.69. The first-order chi connectivity index (χ1) is 13.0. The van der Waals surface area contributed by atoms with Crippen LogP contribution < -0.4 is 4.90 Å². The molecule has 0 unspecified atom stereocenters. The lowest BCUT2D eigenvalue weighted by Gasteiger charge is -2.31. The number of nitrogens with zero attached hydrogens (tertiary/aromatic N) is 1. The molecule has 1 aliphatic heterocycles. The summed E-state index contributed by atoms with van der Waals surface area (Å²) < 4.78 is 32.2. The normalized spacial score (nSPS) is 16.2. The highest BCUT2D eigenvalue weighted by Crippen LogP contribution is 2.17. The van der Waals surface area contributed by atoms with Gasteiger partial charge in [0.05, 0.1) is 43.2 Å². The number of carbonyl (C=O) groups is 1. The monoisotopic (exact) mass is 389 g/mol. The SMILES string of the molecule is CCOC(=O)c1ccc(S(=O)(=O)N2CC[NH+](Cc3ccccc3)CC2)cc1. The number of esters is 1. The van der Waals surface area contributed by atoms with Crippen LogP contribution in [0.5, 0.6) is 0 Å². The van der Waals surface area contributed by atoms with E-state index in [1.165, 1.54) is 39.0 Å². The number of nitrogens with one attached hydrogen (secondary N) is 1. The van der Waals surface area contributed by atoms with E-state index in [2.05, 4.69) is 12.1 Å². The minimum absolute atomic E-state index is 0.210. The van der Waals surface area contributed by atoms with Crippen molar-refractivity contribution in [3.05, 3.63) is 65.7 Å². The van der Waals surface area contributed by atoms with Crippen molar-refractivity contribution in [2.24, 2.45) is 0 Å². The summed E-state index contributed by atoms with van der Waals surface area (Å²) in [5.41, 5.74) is 1.62. The summed E-state index contributed by atoms with van der Waals surface area (Å²) in [6.45, 7) is 5.45. The molecule has 0 radical (unpaired) electrons. The summed E-state index contributed by atoms with van der Waals surface area (Å²) >= 11 is 0. The molecule has 0 aromatic heterocycles. The van der Waals surface area contributed by atoms with Gasteiger partial charge in [0.2, 0.25) is 10.0 Å². The summed E-state index contributed by atoms with van der Waals surface area (Å²) in [5, 5.41) is 0. The zero-order valence-corrected chi connectivity index (χ0v) is 16.2. The third-order valence-electron chi connectivity index (χ3n) is 4.73. The number of hydrogen-bond acceptors (Lipinski definition) is 4. The number of hydrogen-bond donors (Lipinski definition) is 1. The molecular weight excluding hydrogens is 364 g/mol. The second kappa shape index (κ2) is 8.65. The second-order valence-electron chi connectivity index (χ2n) is 6.56. The molecule has 6 nitrogen and oxygen atoms in total. The number of ether oxygens (including phenoxy) is 1. The number of quaternary nitrogens is 1. The van der Waals surface area contributed by atoms with Crippen LogP contribution in [0.3, 0.4) is 0 Å². The van der Waals surface area contributed by atoms with Crippen molar-refractivity contribution >= 4 is 16.0 Å². The fraction of sp³-hybridized carbons (Fsp3) is 0.350. The Balaban J connectivity index is 1.62. The van der Waals surface area contributed by atoms with E-state index < -0.39 is 16.0 Å². The van der Waals surface area contributed by atoms with E-state index >= 15 is 0 Å². The average molecular weight is 389 g/mol. The van der Waals surface area contributed by atoms with Crippen molar-refractivity contribution in [2.75, 3.05) is 32.8 Å². The number of carbonyl (C=O) groups excluding carboxylic acids is 1. The number of benzene rings is 2. The van der Waals surface area contributed by atoms with E-state index in [1.807, 2.05) is 18.2 Å². The molecule has 1 fully saturated rings. The summed E-state index contributed by atoms with van der Waals surface area (Å²) in [4.78, 5) is 13.3. The van der Waals surface area contributed by atoms with Crippen LogP contribution in [0.15, 0.2) is 59.5 Å². The van der Waals surface area contributed by atoms with E-state index in [-0.39, 0.29) is 11.5 Å². The smallest absolute Gasteiger partial charge is 0.338 e. The fourth-order valence-corrected chi connectivity index (χ4v) is 4.67. The molecule has 3 rings (SSSR count).